The Balaban J connectivity index is 1.73. The van der Waals surface area contributed by atoms with Gasteiger partial charge in [0.25, 0.3) is 0 Å². The van der Waals surface area contributed by atoms with E-state index in [9.17, 15) is 5.26 Å². The number of ether oxygens (including phenoxy) is 1. The number of benzene rings is 1. The molecule has 0 amide bonds. The Morgan fingerprint density at radius 3 is 3.00 bits per heavy atom. The van der Waals surface area contributed by atoms with Gasteiger partial charge in [-0.05, 0) is 37.0 Å². The van der Waals surface area contributed by atoms with Crippen molar-refractivity contribution in [1.82, 2.24) is 5.32 Å². The summed E-state index contributed by atoms with van der Waals surface area (Å²) in [6.45, 7) is 5.50. The number of rotatable bonds is 5. The second-order valence-corrected chi connectivity index (χ2v) is 5.97. The van der Waals surface area contributed by atoms with Crippen molar-refractivity contribution >= 4 is 5.69 Å². The van der Waals surface area contributed by atoms with Crippen LogP contribution in [0.3, 0.4) is 0 Å². The van der Waals surface area contributed by atoms with E-state index in [4.69, 9.17) is 4.74 Å². The summed E-state index contributed by atoms with van der Waals surface area (Å²) >= 11 is 0. The highest BCUT2D eigenvalue weighted by atomic mass is 16.5. The standard InChI is InChI=1S/C17H23N3O/c1-2-16-12-20(7-8-21-16)17-6-3-13(9-14(17)10-18)11-19-15-4-5-15/h3,6,9,15-16,19H,2,4-5,7-8,11-12H2,1H3. The van der Waals surface area contributed by atoms with Crippen LogP contribution in [-0.4, -0.2) is 31.8 Å². The Bertz CT molecular complexity index is 533. The second kappa shape index (κ2) is 6.46. The van der Waals surface area contributed by atoms with Crippen LogP contribution in [0.25, 0.3) is 0 Å². The molecule has 1 aromatic carbocycles. The summed E-state index contributed by atoms with van der Waals surface area (Å²) in [5.41, 5.74) is 3.03. The van der Waals surface area contributed by atoms with E-state index >= 15 is 0 Å². The molecule has 1 saturated carbocycles. The molecule has 0 radical (unpaired) electrons. The number of nitrogens with zero attached hydrogens (tertiary/aromatic N) is 2. The minimum atomic E-state index is 0.279. The summed E-state index contributed by atoms with van der Waals surface area (Å²) in [6, 6.07) is 9.32. The molecule has 2 fully saturated rings. The monoisotopic (exact) mass is 285 g/mol. The van der Waals surface area contributed by atoms with Crippen molar-refractivity contribution in [3.05, 3.63) is 29.3 Å². The molecule has 1 aliphatic carbocycles. The summed E-state index contributed by atoms with van der Waals surface area (Å²) in [7, 11) is 0. The summed E-state index contributed by atoms with van der Waals surface area (Å²) in [4.78, 5) is 2.29. The van der Waals surface area contributed by atoms with Crippen LogP contribution in [-0.2, 0) is 11.3 Å². The van der Waals surface area contributed by atoms with Crippen molar-refractivity contribution in [2.45, 2.75) is 44.9 Å². The van der Waals surface area contributed by atoms with Gasteiger partial charge in [-0.15, -0.1) is 0 Å². The van der Waals surface area contributed by atoms with Crippen molar-refractivity contribution in [2.75, 3.05) is 24.6 Å². The maximum atomic E-state index is 9.46. The summed E-state index contributed by atoms with van der Waals surface area (Å²) < 4.78 is 5.71. The van der Waals surface area contributed by atoms with Crippen LogP contribution in [0.5, 0.6) is 0 Å². The minimum Gasteiger partial charge on any atom is -0.375 e. The average Bonchev–Trinajstić information content (AvgIpc) is 3.37. The zero-order chi connectivity index (χ0) is 14.7. The van der Waals surface area contributed by atoms with E-state index < -0.39 is 0 Å². The first-order valence-corrected chi connectivity index (χ1v) is 7.93. The highest BCUT2D eigenvalue weighted by Gasteiger charge is 2.22. The van der Waals surface area contributed by atoms with Crippen LogP contribution < -0.4 is 10.2 Å². The van der Waals surface area contributed by atoms with Gasteiger partial charge in [-0.3, -0.25) is 0 Å². The Hall–Kier alpha value is -1.57. The Kier molecular flexibility index (Phi) is 4.42. The number of hydrogen-bond donors (Lipinski definition) is 1. The van der Waals surface area contributed by atoms with Gasteiger partial charge in [0.05, 0.1) is 24.0 Å². The molecular weight excluding hydrogens is 262 g/mol. The molecule has 4 heteroatoms. The predicted octanol–water partition coefficient (Wildman–Crippen LogP) is 2.43. The lowest BCUT2D eigenvalue weighted by molar-refractivity contribution is 0.0384. The molecule has 2 aliphatic rings. The Labute approximate surface area is 126 Å². The van der Waals surface area contributed by atoms with Gasteiger partial charge in [0.15, 0.2) is 0 Å². The third kappa shape index (κ3) is 3.55. The van der Waals surface area contributed by atoms with Crippen LogP contribution in [0.1, 0.15) is 37.3 Å². The number of morpholine rings is 1. The second-order valence-electron chi connectivity index (χ2n) is 5.97. The zero-order valence-corrected chi connectivity index (χ0v) is 12.6. The largest absolute Gasteiger partial charge is 0.375 e. The minimum absolute atomic E-state index is 0.279. The van der Waals surface area contributed by atoms with Crippen LogP contribution in [0.2, 0.25) is 0 Å². The number of anilines is 1. The van der Waals surface area contributed by atoms with E-state index in [1.165, 1.54) is 18.4 Å². The smallest absolute Gasteiger partial charge is 0.101 e. The molecule has 1 heterocycles. The number of nitriles is 1. The molecule has 1 atom stereocenters. The molecule has 4 nitrogen and oxygen atoms in total. The molecule has 0 bridgehead atoms. The van der Waals surface area contributed by atoms with Crippen LogP contribution in [0.4, 0.5) is 5.69 Å². The van der Waals surface area contributed by atoms with Crippen LogP contribution in [0, 0.1) is 11.3 Å². The van der Waals surface area contributed by atoms with Gasteiger partial charge < -0.3 is 15.0 Å². The normalized spacial score (nSPS) is 22.1. The van der Waals surface area contributed by atoms with E-state index in [0.29, 0.717) is 6.04 Å². The van der Waals surface area contributed by atoms with Gasteiger partial charge in [-0.25, -0.2) is 0 Å². The van der Waals surface area contributed by atoms with Gasteiger partial charge in [-0.2, -0.15) is 5.26 Å². The van der Waals surface area contributed by atoms with Crippen LogP contribution in [0.15, 0.2) is 18.2 Å². The summed E-state index contributed by atoms with van der Waals surface area (Å²) in [5.74, 6) is 0. The highest BCUT2D eigenvalue weighted by Crippen LogP contribution is 2.25. The molecular formula is C17H23N3O. The predicted molar refractivity (Wildman–Crippen MR) is 83.3 cm³/mol. The molecule has 3 rings (SSSR count). The fourth-order valence-corrected chi connectivity index (χ4v) is 2.79. The first-order valence-electron chi connectivity index (χ1n) is 7.93. The molecule has 112 valence electrons. The molecule has 1 saturated heterocycles. The Morgan fingerprint density at radius 2 is 2.29 bits per heavy atom. The first-order chi connectivity index (χ1) is 10.3. The van der Waals surface area contributed by atoms with Crippen molar-refractivity contribution in [2.24, 2.45) is 0 Å². The van der Waals surface area contributed by atoms with E-state index in [0.717, 1.165) is 43.9 Å². The van der Waals surface area contributed by atoms with Crippen molar-refractivity contribution in [3.8, 4) is 6.07 Å². The molecule has 1 aromatic rings. The molecule has 1 N–H and O–H groups in total. The maximum absolute atomic E-state index is 9.46. The molecule has 1 unspecified atom stereocenters. The summed E-state index contributed by atoms with van der Waals surface area (Å²) in [6.07, 6.45) is 3.87. The third-order valence-electron chi connectivity index (χ3n) is 4.29. The van der Waals surface area contributed by atoms with Crippen LogP contribution >= 0.6 is 0 Å². The zero-order valence-electron chi connectivity index (χ0n) is 12.6. The number of hydrogen-bond acceptors (Lipinski definition) is 4. The van der Waals surface area contributed by atoms with Gasteiger partial charge in [0.2, 0.25) is 0 Å². The lowest BCUT2D eigenvalue weighted by Crippen LogP contribution is -2.42. The molecule has 1 aliphatic heterocycles. The van der Waals surface area contributed by atoms with Crippen molar-refractivity contribution < 1.29 is 4.74 Å². The lowest BCUT2D eigenvalue weighted by atomic mass is 10.1. The number of nitrogens with one attached hydrogen (secondary N) is 1. The van der Waals surface area contributed by atoms with E-state index in [1.807, 2.05) is 6.07 Å². The van der Waals surface area contributed by atoms with Gasteiger partial charge in [0, 0.05) is 25.7 Å². The lowest BCUT2D eigenvalue weighted by Gasteiger charge is -2.34. The highest BCUT2D eigenvalue weighted by molar-refractivity contribution is 5.60. The maximum Gasteiger partial charge on any atom is 0.101 e. The third-order valence-corrected chi connectivity index (χ3v) is 4.29. The molecule has 0 aromatic heterocycles. The average molecular weight is 285 g/mol. The van der Waals surface area contributed by atoms with Gasteiger partial charge >= 0.3 is 0 Å². The van der Waals surface area contributed by atoms with E-state index in [2.05, 4.69) is 35.3 Å². The van der Waals surface area contributed by atoms with Crippen molar-refractivity contribution in [3.63, 3.8) is 0 Å². The van der Waals surface area contributed by atoms with E-state index in [-0.39, 0.29) is 6.10 Å². The van der Waals surface area contributed by atoms with E-state index in [1.54, 1.807) is 0 Å². The fraction of sp³-hybridized carbons (Fsp3) is 0.588. The van der Waals surface area contributed by atoms with Crippen molar-refractivity contribution in [1.29, 1.82) is 5.26 Å². The molecule has 21 heavy (non-hydrogen) atoms. The Morgan fingerprint density at radius 1 is 1.43 bits per heavy atom. The van der Waals surface area contributed by atoms with Gasteiger partial charge in [0.1, 0.15) is 6.07 Å². The van der Waals surface area contributed by atoms with Gasteiger partial charge in [-0.1, -0.05) is 13.0 Å². The molecule has 0 spiro atoms. The quantitative estimate of drug-likeness (QED) is 0.902. The first kappa shape index (κ1) is 14.4. The topological polar surface area (TPSA) is 48.3 Å². The SMILES string of the molecule is CCC1CN(c2ccc(CNC3CC3)cc2C#N)CCO1. The summed E-state index contributed by atoms with van der Waals surface area (Å²) in [5, 5.41) is 13.0. The fourth-order valence-electron chi connectivity index (χ4n) is 2.79.